The van der Waals surface area contributed by atoms with Crippen molar-refractivity contribution in [3.8, 4) is 11.1 Å². The molecule has 2 aromatic carbocycles. The number of nitrogens with zero attached hydrogens (tertiary/aromatic N) is 1. The summed E-state index contributed by atoms with van der Waals surface area (Å²) in [4.78, 5) is 28.7. The molecule has 26 heavy (non-hydrogen) atoms. The fourth-order valence-corrected chi connectivity index (χ4v) is 3.66. The molecule has 4 rings (SSSR count). The quantitative estimate of drug-likeness (QED) is 0.697. The maximum absolute atomic E-state index is 11.9. The molecule has 5 nitrogen and oxygen atoms in total. The number of halogens is 1. The van der Waals surface area contributed by atoms with Crippen LogP contribution in [0.5, 0.6) is 0 Å². The molecule has 0 radical (unpaired) electrons. The highest BCUT2D eigenvalue weighted by atomic mass is 35.5. The highest BCUT2D eigenvalue weighted by Crippen LogP contribution is 2.34. The highest BCUT2D eigenvalue weighted by Gasteiger charge is 2.21. The lowest BCUT2D eigenvalue weighted by molar-refractivity contribution is -0.117. The molecule has 1 aliphatic heterocycles. The van der Waals surface area contributed by atoms with Gasteiger partial charge in [-0.2, -0.15) is 0 Å². The molecule has 2 heterocycles. The summed E-state index contributed by atoms with van der Waals surface area (Å²) in [5.74, 6) is -0.236. The van der Waals surface area contributed by atoms with Gasteiger partial charge in [0, 0.05) is 41.3 Å². The van der Waals surface area contributed by atoms with Crippen LogP contribution in [-0.4, -0.2) is 30.5 Å². The zero-order valence-corrected chi connectivity index (χ0v) is 15.0. The third kappa shape index (κ3) is 2.74. The van der Waals surface area contributed by atoms with Crippen molar-refractivity contribution in [1.82, 2.24) is 4.98 Å². The minimum absolute atomic E-state index is 0.159. The van der Waals surface area contributed by atoms with Gasteiger partial charge in [0.25, 0.3) is 0 Å². The lowest BCUT2D eigenvalue weighted by atomic mass is 10.0. The van der Waals surface area contributed by atoms with E-state index in [0.29, 0.717) is 17.0 Å². The lowest BCUT2D eigenvalue weighted by Crippen LogP contribution is -2.23. The number of carbonyl (C=O) groups is 2. The number of hydrogen-bond donors (Lipinski definition) is 1. The molecule has 1 saturated heterocycles. The third-order valence-corrected chi connectivity index (χ3v) is 5.05. The molecule has 3 aromatic rings. The van der Waals surface area contributed by atoms with Crippen LogP contribution in [0.1, 0.15) is 23.2 Å². The number of aromatic amines is 1. The normalized spacial score (nSPS) is 14.2. The minimum atomic E-state index is -0.396. The Labute approximate surface area is 155 Å². The molecule has 0 atom stereocenters. The molecule has 1 aromatic heterocycles. The van der Waals surface area contributed by atoms with Crippen molar-refractivity contribution in [2.45, 2.75) is 12.8 Å². The molecule has 6 heteroatoms. The molecular formula is C20H17ClN2O3. The maximum Gasteiger partial charge on any atom is 0.340 e. The van der Waals surface area contributed by atoms with E-state index in [2.05, 4.69) is 4.98 Å². The Bertz CT molecular complexity index is 1010. The molecule has 0 aliphatic carbocycles. The lowest BCUT2D eigenvalue weighted by Gasteiger charge is -2.16. The summed E-state index contributed by atoms with van der Waals surface area (Å²) < 4.78 is 4.83. The van der Waals surface area contributed by atoms with Crippen LogP contribution >= 0.6 is 11.6 Å². The van der Waals surface area contributed by atoms with Gasteiger partial charge in [-0.1, -0.05) is 23.7 Å². The molecular weight excluding hydrogens is 352 g/mol. The molecule has 132 valence electrons. The number of methoxy groups -OCH3 is 1. The van der Waals surface area contributed by atoms with Crippen LogP contribution in [-0.2, 0) is 9.53 Å². The monoisotopic (exact) mass is 368 g/mol. The number of rotatable bonds is 3. The van der Waals surface area contributed by atoms with Gasteiger partial charge in [0.2, 0.25) is 5.91 Å². The SMILES string of the molecule is COC(=O)c1c[nH]c2cc(Cl)c(-c3ccc(N4CCCC4=O)cc3)cc12. The first kappa shape index (κ1) is 16.7. The van der Waals surface area contributed by atoms with Gasteiger partial charge >= 0.3 is 5.97 Å². The fraction of sp³-hybridized carbons (Fsp3) is 0.200. The second-order valence-corrected chi connectivity index (χ2v) is 6.67. The molecule has 0 bridgehead atoms. The second-order valence-electron chi connectivity index (χ2n) is 6.27. The van der Waals surface area contributed by atoms with Crippen LogP contribution in [0.25, 0.3) is 22.0 Å². The molecule has 0 unspecified atom stereocenters. The van der Waals surface area contributed by atoms with Crippen molar-refractivity contribution in [2.75, 3.05) is 18.6 Å². The second kappa shape index (κ2) is 6.50. The average Bonchev–Trinajstić information content (AvgIpc) is 3.26. The molecule has 1 N–H and O–H groups in total. The smallest absolute Gasteiger partial charge is 0.340 e. The van der Waals surface area contributed by atoms with Crippen LogP contribution in [0.4, 0.5) is 5.69 Å². The molecule has 1 aliphatic rings. The van der Waals surface area contributed by atoms with E-state index in [9.17, 15) is 9.59 Å². The van der Waals surface area contributed by atoms with Crippen molar-refractivity contribution < 1.29 is 14.3 Å². The number of hydrogen-bond acceptors (Lipinski definition) is 3. The van der Waals surface area contributed by atoms with Gasteiger partial charge in [0.1, 0.15) is 0 Å². The molecule has 0 spiro atoms. The van der Waals surface area contributed by atoms with Gasteiger partial charge in [-0.3, -0.25) is 4.79 Å². The van der Waals surface area contributed by atoms with E-state index >= 15 is 0 Å². The van der Waals surface area contributed by atoms with Crippen molar-refractivity contribution in [2.24, 2.45) is 0 Å². The number of amides is 1. The maximum atomic E-state index is 11.9. The summed E-state index contributed by atoms with van der Waals surface area (Å²) in [6.45, 7) is 0.761. The molecule has 1 amide bonds. The zero-order chi connectivity index (χ0) is 18.3. The summed E-state index contributed by atoms with van der Waals surface area (Å²) in [6, 6.07) is 11.4. The van der Waals surface area contributed by atoms with E-state index in [-0.39, 0.29) is 5.91 Å². The summed E-state index contributed by atoms with van der Waals surface area (Å²) >= 11 is 6.45. The average molecular weight is 369 g/mol. The van der Waals surface area contributed by atoms with E-state index in [1.54, 1.807) is 17.2 Å². The van der Waals surface area contributed by atoms with E-state index in [0.717, 1.165) is 40.7 Å². The van der Waals surface area contributed by atoms with E-state index in [1.165, 1.54) is 7.11 Å². The van der Waals surface area contributed by atoms with Gasteiger partial charge in [-0.25, -0.2) is 4.79 Å². The topological polar surface area (TPSA) is 62.4 Å². The van der Waals surface area contributed by atoms with Gasteiger partial charge < -0.3 is 14.6 Å². The fourth-order valence-electron chi connectivity index (χ4n) is 3.39. The third-order valence-electron chi connectivity index (χ3n) is 4.74. The summed E-state index contributed by atoms with van der Waals surface area (Å²) in [5, 5.41) is 1.34. The van der Waals surface area contributed by atoms with Crippen LogP contribution in [0.15, 0.2) is 42.6 Å². The number of anilines is 1. The van der Waals surface area contributed by atoms with Crippen LogP contribution in [0.2, 0.25) is 5.02 Å². The van der Waals surface area contributed by atoms with Gasteiger partial charge in [-0.05, 0) is 36.2 Å². The molecule has 0 saturated carbocycles. The molecule has 1 fully saturated rings. The largest absolute Gasteiger partial charge is 0.465 e. The van der Waals surface area contributed by atoms with Crippen molar-refractivity contribution in [1.29, 1.82) is 0 Å². The number of benzene rings is 2. The first-order valence-electron chi connectivity index (χ1n) is 8.38. The van der Waals surface area contributed by atoms with E-state index < -0.39 is 5.97 Å². The standard InChI is InChI=1S/C20H17ClN2O3/c1-26-20(25)16-11-22-18-10-17(21)14(9-15(16)18)12-4-6-13(7-5-12)23-8-2-3-19(23)24/h4-7,9-11,22H,2-3,8H2,1H3. The van der Waals surface area contributed by atoms with E-state index in [1.807, 2.05) is 30.3 Å². The van der Waals surface area contributed by atoms with Gasteiger partial charge in [-0.15, -0.1) is 0 Å². The van der Waals surface area contributed by atoms with Crippen molar-refractivity contribution in [3.63, 3.8) is 0 Å². The van der Waals surface area contributed by atoms with Crippen molar-refractivity contribution >= 4 is 40.1 Å². The van der Waals surface area contributed by atoms with Gasteiger partial charge in [0.15, 0.2) is 0 Å². The number of nitrogens with one attached hydrogen (secondary N) is 1. The predicted octanol–water partition coefficient (Wildman–Crippen LogP) is 4.40. The first-order chi connectivity index (χ1) is 12.6. The van der Waals surface area contributed by atoms with E-state index in [4.69, 9.17) is 16.3 Å². The van der Waals surface area contributed by atoms with Crippen LogP contribution in [0, 0.1) is 0 Å². The predicted molar refractivity (Wildman–Crippen MR) is 102 cm³/mol. The Morgan fingerprint density at radius 2 is 2.00 bits per heavy atom. The van der Waals surface area contributed by atoms with Gasteiger partial charge in [0.05, 0.1) is 17.7 Å². The minimum Gasteiger partial charge on any atom is -0.465 e. The summed E-state index contributed by atoms with van der Waals surface area (Å²) in [6.07, 6.45) is 3.12. The Balaban J connectivity index is 1.75. The first-order valence-corrected chi connectivity index (χ1v) is 8.76. The Morgan fingerprint density at radius 1 is 1.23 bits per heavy atom. The van der Waals surface area contributed by atoms with Crippen LogP contribution in [0.3, 0.4) is 0 Å². The Kier molecular flexibility index (Phi) is 4.17. The number of aromatic nitrogens is 1. The summed E-state index contributed by atoms with van der Waals surface area (Å²) in [7, 11) is 1.36. The highest BCUT2D eigenvalue weighted by molar-refractivity contribution is 6.34. The number of ether oxygens (including phenoxy) is 1. The van der Waals surface area contributed by atoms with Crippen molar-refractivity contribution in [3.05, 3.63) is 53.2 Å². The number of carbonyl (C=O) groups excluding carboxylic acids is 2. The number of fused-ring (bicyclic) bond motifs is 1. The Hall–Kier alpha value is -2.79. The zero-order valence-electron chi connectivity index (χ0n) is 14.2. The van der Waals surface area contributed by atoms with Crippen LogP contribution < -0.4 is 4.90 Å². The number of H-pyrrole nitrogens is 1. The number of esters is 1. The Morgan fingerprint density at radius 3 is 2.65 bits per heavy atom. The summed E-state index contributed by atoms with van der Waals surface area (Å²) in [5.41, 5.74) is 3.89.